The van der Waals surface area contributed by atoms with Crippen molar-refractivity contribution < 1.29 is 9.90 Å². The van der Waals surface area contributed by atoms with E-state index < -0.39 is 0 Å². The van der Waals surface area contributed by atoms with Crippen LogP contribution < -0.4 is 4.90 Å². The molecule has 0 spiro atoms. The molecule has 0 bridgehead atoms. The average molecular weight is 220 g/mol. The van der Waals surface area contributed by atoms with Crippen molar-refractivity contribution >= 4 is 11.5 Å². The topological polar surface area (TPSA) is 53.4 Å². The minimum absolute atomic E-state index is 0.0969. The van der Waals surface area contributed by atoms with Gasteiger partial charge in [0.05, 0.1) is 12.3 Å². The molecule has 16 heavy (non-hydrogen) atoms. The first kappa shape index (κ1) is 11.1. The summed E-state index contributed by atoms with van der Waals surface area (Å²) in [7, 11) is 3.88. The number of carbonyl (C=O) groups is 1. The van der Waals surface area contributed by atoms with Crippen molar-refractivity contribution in [1.82, 2.24) is 4.98 Å². The van der Waals surface area contributed by atoms with Gasteiger partial charge in [0.15, 0.2) is 5.78 Å². The van der Waals surface area contributed by atoms with Gasteiger partial charge in [-0.1, -0.05) is 0 Å². The second-order valence-corrected chi connectivity index (χ2v) is 4.29. The van der Waals surface area contributed by atoms with E-state index in [9.17, 15) is 4.79 Å². The zero-order valence-corrected chi connectivity index (χ0v) is 9.66. The quantitative estimate of drug-likeness (QED) is 0.812. The molecule has 1 aromatic rings. The molecule has 0 fully saturated rings. The molecule has 1 heterocycles. The van der Waals surface area contributed by atoms with Crippen LogP contribution in [0.1, 0.15) is 34.6 Å². The number of pyridine rings is 1. The SMILES string of the molecule is CN(C)c1cc(CO)nc2c1CCCC2=O. The summed E-state index contributed by atoms with van der Waals surface area (Å²) in [4.78, 5) is 18.0. The fourth-order valence-corrected chi connectivity index (χ4v) is 2.11. The number of hydrogen-bond donors (Lipinski definition) is 1. The van der Waals surface area contributed by atoms with Gasteiger partial charge in [-0.05, 0) is 18.9 Å². The zero-order valence-electron chi connectivity index (χ0n) is 9.66. The number of aliphatic hydroxyl groups is 1. The van der Waals surface area contributed by atoms with E-state index in [0.29, 0.717) is 17.8 Å². The van der Waals surface area contributed by atoms with Crippen LogP contribution in [0.4, 0.5) is 5.69 Å². The number of aromatic nitrogens is 1. The van der Waals surface area contributed by atoms with Crippen molar-refractivity contribution in [1.29, 1.82) is 0 Å². The van der Waals surface area contributed by atoms with Gasteiger partial charge in [0.1, 0.15) is 5.69 Å². The molecule has 1 aliphatic rings. The summed E-state index contributed by atoms with van der Waals surface area (Å²) in [6.45, 7) is -0.124. The standard InChI is InChI=1S/C12H16N2O2/c1-14(2)10-6-8(7-15)13-12-9(10)4-3-5-11(12)16/h6,15H,3-5,7H2,1-2H3. The fourth-order valence-electron chi connectivity index (χ4n) is 2.11. The van der Waals surface area contributed by atoms with Crippen LogP contribution in [0.2, 0.25) is 0 Å². The first-order valence-electron chi connectivity index (χ1n) is 5.47. The molecule has 0 aliphatic heterocycles. The molecule has 0 saturated heterocycles. The lowest BCUT2D eigenvalue weighted by Gasteiger charge is -2.23. The average Bonchev–Trinajstić information content (AvgIpc) is 2.28. The number of Topliss-reactive ketones (excluding diaryl/α,β-unsaturated/α-hetero) is 1. The van der Waals surface area contributed by atoms with E-state index in [1.807, 2.05) is 25.1 Å². The Labute approximate surface area is 94.9 Å². The summed E-state index contributed by atoms with van der Waals surface area (Å²) < 4.78 is 0. The predicted octanol–water partition coefficient (Wildman–Crippen LogP) is 1.16. The van der Waals surface area contributed by atoms with Crippen molar-refractivity contribution in [3.05, 3.63) is 23.0 Å². The van der Waals surface area contributed by atoms with Crippen LogP contribution in [0, 0.1) is 0 Å². The fraction of sp³-hybridized carbons (Fsp3) is 0.500. The van der Waals surface area contributed by atoms with Gasteiger partial charge < -0.3 is 10.0 Å². The second kappa shape index (κ2) is 4.22. The molecule has 1 aliphatic carbocycles. The van der Waals surface area contributed by atoms with E-state index in [4.69, 9.17) is 5.11 Å². The molecule has 0 radical (unpaired) electrons. The Morgan fingerprint density at radius 1 is 1.44 bits per heavy atom. The Morgan fingerprint density at radius 2 is 2.19 bits per heavy atom. The number of carbonyl (C=O) groups excluding carboxylic acids is 1. The summed E-state index contributed by atoms with van der Waals surface area (Å²) in [6, 6.07) is 1.86. The summed E-state index contributed by atoms with van der Waals surface area (Å²) >= 11 is 0. The van der Waals surface area contributed by atoms with Gasteiger partial charge in [-0.2, -0.15) is 0 Å². The third-order valence-corrected chi connectivity index (χ3v) is 2.89. The molecule has 0 unspecified atom stereocenters. The minimum atomic E-state index is -0.124. The van der Waals surface area contributed by atoms with E-state index in [2.05, 4.69) is 4.98 Å². The van der Waals surface area contributed by atoms with Gasteiger partial charge in [0.2, 0.25) is 0 Å². The minimum Gasteiger partial charge on any atom is -0.390 e. The van der Waals surface area contributed by atoms with Crippen LogP contribution in [0.5, 0.6) is 0 Å². The molecular formula is C12H16N2O2. The van der Waals surface area contributed by atoms with Gasteiger partial charge in [-0.3, -0.25) is 4.79 Å². The maximum absolute atomic E-state index is 11.8. The summed E-state index contributed by atoms with van der Waals surface area (Å²) in [6.07, 6.45) is 2.36. The number of rotatable bonds is 2. The van der Waals surface area contributed by atoms with Gasteiger partial charge in [0, 0.05) is 31.8 Å². The third-order valence-electron chi connectivity index (χ3n) is 2.89. The molecule has 2 rings (SSSR count). The highest BCUT2D eigenvalue weighted by molar-refractivity contribution is 5.98. The number of aliphatic hydroxyl groups excluding tert-OH is 1. The van der Waals surface area contributed by atoms with Gasteiger partial charge in [0.25, 0.3) is 0 Å². The number of ketones is 1. The van der Waals surface area contributed by atoms with E-state index in [-0.39, 0.29) is 12.4 Å². The number of anilines is 1. The summed E-state index contributed by atoms with van der Waals surface area (Å²) in [5.74, 6) is 0.0969. The maximum atomic E-state index is 11.8. The largest absolute Gasteiger partial charge is 0.390 e. The summed E-state index contributed by atoms with van der Waals surface area (Å²) in [5.41, 5.74) is 3.15. The lowest BCUT2D eigenvalue weighted by molar-refractivity contribution is 0.0966. The molecule has 1 N–H and O–H groups in total. The van der Waals surface area contributed by atoms with Crippen LogP contribution in [0.3, 0.4) is 0 Å². The smallest absolute Gasteiger partial charge is 0.181 e. The molecule has 1 aromatic heterocycles. The lowest BCUT2D eigenvalue weighted by Crippen LogP contribution is -2.20. The van der Waals surface area contributed by atoms with Crippen molar-refractivity contribution in [3.63, 3.8) is 0 Å². The molecule has 4 nitrogen and oxygen atoms in total. The first-order valence-corrected chi connectivity index (χ1v) is 5.47. The molecule has 0 atom stereocenters. The molecule has 0 amide bonds. The Balaban J connectivity index is 2.60. The van der Waals surface area contributed by atoms with Gasteiger partial charge >= 0.3 is 0 Å². The number of nitrogens with zero attached hydrogens (tertiary/aromatic N) is 2. The Kier molecular flexibility index (Phi) is 2.92. The molecule has 0 saturated carbocycles. The van der Waals surface area contributed by atoms with Crippen LogP contribution in [0.25, 0.3) is 0 Å². The van der Waals surface area contributed by atoms with Crippen LogP contribution in [0.15, 0.2) is 6.07 Å². The Bertz CT molecular complexity index is 427. The molecule has 4 heteroatoms. The van der Waals surface area contributed by atoms with E-state index in [1.165, 1.54) is 0 Å². The summed E-state index contributed by atoms with van der Waals surface area (Å²) in [5, 5.41) is 9.14. The van der Waals surface area contributed by atoms with E-state index in [0.717, 1.165) is 24.1 Å². The number of hydrogen-bond acceptors (Lipinski definition) is 4. The molecule has 86 valence electrons. The van der Waals surface area contributed by atoms with Crippen molar-refractivity contribution in [2.45, 2.75) is 25.9 Å². The van der Waals surface area contributed by atoms with Crippen LogP contribution in [-0.2, 0) is 13.0 Å². The highest BCUT2D eigenvalue weighted by atomic mass is 16.3. The van der Waals surface area contributed by atoms with Crippen LogP contribution in [-0.4, -0.2) is 30.0 Å². The maximum Gasteiger partial charge on any atom is 0.181 e. The lowest BCUT2D eigenvalue weighted by atomic mass is 9.93. The van der Waals surface area contributed by atoms with Gasteiger partial charge in [-0.25, -0.2) is 4.98 Å². The van der Waals surface area contributed by atoms with Crippen molar-refractivity contribution in [3.8, 4) is 0 Å². The van der Waals surface area contributed by atoms with E-state index >= 15 is 0 Å². The normalized spacial score (nSPS) is 14.8. The van der Waals surface area contributed by atoms with Crippen molar-refractivity contribution in [2.24, 2.45) is 0 Å². The number of fused-ring (bicyclic) bond motifs is 1. The van der Waals surface area contributed by atoms with E-state index in [1.54, 1.807) is 0 Å². The Hall–Kier alpha value is -1.42. The molecular weight excluding hydrogens is 204 g/mol. The van der Waals surface area contributed by atoms with Crippen molar-refractivity contribution in [2.75, 3.05) is 19.0 Å². The van der Waals surface area contributed by atoms with Crippen LogP contribution >= 0.6 is 0 Å². The monoisotopic (exact) mass is 220 g/mol. The highest BCUT2D eigenvalue weighted by Crippen LogP contribution is 2.29. The second-order valence-electron chi connectivity index (χ2n) is 4.29. The zero-order chi connectivity index (χ0) is 11.7. The molecule has 0 aromatic carbocycles. The predicted molar refractivity (Wildman–Crippen MR) is 61.8 cm³/mol. The Morgan fingerprint density at radius 3 is 2.81 bits per heavy atom. The highest BCUT2D eigenvalue weighted by Gasteiger charge is 2.23. The first-order chi connectivity index (χ1) is 7.63. The van der Waals surface area contributed by atoms with Gasteiger partial charge in [-0.15, -0.1) is 0 Å². The third kappa shape index (κ3) is 1.80.